The molecule has 2 rings (SSSR count). The summed E-state index contributed by atoms with van der Waals surface area (Å²) in [5.41, 5.74) is 4.75. The Bertz CT molecular complexity index is 527. The fraction of sp³-hybridized carbons (Fsp3) is 0.375. The fourth-order valence-corrected chi connectivity index (χ4v) is 2.16. The van der Waals surface area contributed by atoms with Gasteiger partial charge in [0.25, 0.3) is 0 Å². The van der Waals surface area contributed by atoms with Crippen molar-refractivity contribution < 1.29 is 0 Å². The Morgan fingerprint density at radius 2 is 1.72 bits per heavy atom. The van der Waals surface area contributed by atoms with Gasteiger partial charge in [0, 0.05) is 17.5 Å². The minimum Gasteiger partial charge on any atom is -0.241 e. The molecule has 0 unspecified atom stereocenters. The first-order valence-electron chi connectivity index (χ1n) is 6.46. The second-order valence-corrected chi connectivity index (χ2v) is 5.21. The lowest BCUT2D eigenvalue weighted by molar-refractivity contribution is 0.647. The van der Waals surface area contributed by atoms with Crippen LogP contribution in [0.15, 0.2) is 30.5 Å². The van der Waals surface area contributed by atoms with E-state index in [0.29, 0.717) is 5.92 Å². The van der Waals surface area contributed by atoms with Crippen LogP contribution in [0.25, 0.3) is 11.1 Å². The molecule has 0 fully saturated rings. The molecular weight excluding hydrogens is 220 g/mol. The van der Waals surface area contributed by atoms with Crippen LogP contribution in [0.3, 0.4) is 0 Å². The summed E-state index contributed by atoms with van der Waals surface area (Å²) in [6, 6.07) is 8.74. The molecule has 94 valence electrons. The number of rotatable bonds is 3. The molecule has 0 atom stereocenters. The lowest BCUT2D eigenvalue weighted by atomic mass is 9.99. The molecule has 2 nitrogen and oxygen atoms in total. The van der Waals surface area contributed by atoms with Gasteiger partial charge in [-0.25, -0.2) is 9.97 Å². The molecule has 1 aromatic carbocycles. The van der Waals surface area contributed by atoms with Crippen LogP contribution in [0.2, 0.25) is 0 Å². The van der Waals surface area contributed by atoms with Crippen LogP contribution in [0, 0.1) is 19.8 Å². The van der Waals surface area contributed by atoms with Gasteiger partial charge in [-0.05, 0) is 37.3 Å². The largest absolute Gasteiger partial charge is 0.241 e. The lowest BCUT2D eigenvalue weighted by Crippen LogP contribution is -1.95. The van der Waals surface area contributed by atoms with Gasteiger partial charge in [0.2, 0.25) is 0 Å². The second kappa shape index (κ2) is 5.30. The molecule has 2 heteroatoms. The highest BCUT2D eigenvalue weighted by Crippen LogP contribution is 2.22. The molecule has 1 heterocycles. The number of benzene rings is 1. The van der Waals surface area contributed by atoms with E-state index >= 15 is 0 Å². The third-order valence-electron chi connectivity index (χ3n) is 3.01. The predicted octanol–water partition coefficient (Wildman–Crippen LogP) is 3.96. The van der Waals surface area contributed by atoms with E-state index in [-0.39, 0.29) is 0 Å². The van der Waals surface area contributed by atoms with Gasteiger partial charge in [0.1, 0.15) is 5.82 Å². The smallest absolute Gasteiger partial charge is 0.125 e. The van der Waals surface area contributed by atoms with Crippen LogP contribution in [-0.2, 0) is 6.42 Å². The highest BCUT2D eigenvalue weighted by Gasteiger charge is 2.04. The SMILES string of the molecule is Cc1ncc(-c2ccc(CC(C)C)cc2)c(C)n1. The first kappa shape index (κ1) is 12.7. The zero-order valence-corrected chi connectivity index (χ0v) is 11.6. The van der Waals surface area contributed by atoms with E-state index in [2.05, 4.69) is 48.1 Å². The van der Waals surface area contributed by atoms with Crippen molar-refractivity contribution in [3.63, 3.8) is 0 Å². The Morgan fingerprint density at radius 1 is 1.06 bits per heavy atom. The summed E-state index contributed by atoms with van der Waals surface area (Å²) in [5.74, 6) is 1.52. The van der Waals surface area contributed by atoms with Gasteiger partial charge in [-0.2, -0.15) is 0 Å². The van der Waals surface area contributed by atoms with Gasteiger partial charge in [-0.1, -0.05) is 38.1 Å². The summed E-state index contributed by atoms with van der Waals surface area (Å²) in [6.45, 7) is 8.44. The molecule has 0 bridgehead atoms. The highest BCUT2D eigenvalue weighted by molar-refractivity contribution is 5.64. The number of hydrogen-bond acceptors (Lipinski definition) is 2. The van der Waals surface area contributed by atoms with E-state index in [9.17, 15) is 0 Å². The molecule has 0 aliphatic rings. The molecule has 18 heavy (non-hydrogen) atoms. The monoisotopic (exact) mass is 240 g/mol. The van der Waals surface area contributed by atoms with E-state index in [1.807, 2.05) is 20.0 Å². The van der Waals surface area contributed by atoms with Crippen LogP contribution < -0.4 is 0 Å². The number of nitrogens with zero attached hydrogens (tertiary/aromatic N) is 2. The standard InChI is InChI=1S/C16H20N2/c1-11(2)9-14-5-7-15(8-6-14)16-10-17-13(4)18-12(16)3/h5-8,10-11H,9H2,1-4H3. The lowest BCUT2D eigenvalue weighted by Gasteiger charge is -2.08. The van der Waals surface area contributed by atoms with Crippen LogP contribution in [0.1, 0.15) is 30.9 Å². The van der Waals surface area contributed by atoms with Gasteiger partial charge < -0.3 is 0 Å². The minimum atomic E-state index is 0.695. The van der Waals surface area contributed by atoms with Crippen molar-refractivity contribution in [3.8, 4) is 11.1 Å². The Hall–Kier alpha value is -1.70. The Kier molecular flexibility index (Phi) is 3.75. The summed E-state index contributed by atoms with van der Waals surface area (Å²) >= 11 is 0. The normalized spacial score (nSPS) is 10.9. The van der Waals surface area contributed by atoms with Crippen LogP contribution >= 0.6 is 0 Å². The molecule has 0 spiro atoms. The quantitative estimate of drug-likeness (QED) is 0.811. The van der Waals surface area contributed by atoms with E-state index in [1.165, 1.54) is 11.1 Å². The predicted molar refractivity (Wildman–Crippen MR) is 75.5 cm³/mol. The first-order valence-corrected chi connectivity index (χ1v) is 6.46. The number of aryl methyl sites for hydroxylation is 2. The molecule has 2 aromatic rings. The molecule has 1 aromatic heterocycles. The maximum absolute atomic E-state index is 4.41. The summed E-state index contributed by atoms with van der Waals surface area (Å²) in [7, 11) is 0. The average Bonchev–Trinajstić information content (AvgIpc) is 2.30. The fourth-order valence-electron chi connectivity index (χ4n) is 2.16. The van der Waals surface area contributed by atoms with Crippen molar-refractivity contribution in [2.24, 2.45) is 5.92 Å². The molecule has 0 aliphatic carbocycles. The van der Waals surface area contributed by atoms with Crippen molar-refractivity contribution in [2.45, 2.75) is 34.1 Å². The van der Waals surface area contributed by atoms with Gasteiger partial charge in [0.15, 0.2) is 0 Å². The highest BCUT2D eigenvalue weighted by atomic mass is 14.9. The van der Waals surface area contributed by atoms with Crippen molar-refractivity contribution in [1.29, 1.82) is 0 Å². The molecule has 0 amide bonds. The average molecular weight is 240 g/mol. The second-order valence-electron chi connectivity index (χ2n) is 5.21. The molecule has 0 aliphatic heterocycles. The van der Waals surface area contributed by atoms with E-state index in [0.717, 1.165) is 23.5 Å². The molecule has 0 saturated carbocycles. The third kappa shape index (κ3) is 2.95. The first-order chi connectivity index (χ1) is 8.56. The number of hydrogen-bond donors (Lipinski definition) is 0. The van der Waals surface area contributed by atoms with Crippen LogP contribution in [-0.4, -0.2) is 9.97 Å². The third-order valence-corrected chi connectivity index (χ3v) is 3.01. The molecule has 0 N–H and O–H groups in total. The van der Waals surface area contributed by atoms with Crippen LogP contribution in [0.4, 0.5) is 0 Å². The van der Waals surface area contributed by atoms with Gasteiger partial charge >= 0.3 is 0 Å². The summed E-state index contributed by atoms with van der Waals surface area (Å²) in [6.07, 6.45) is 3.04. The maximum atomic E-state index is 4.41. The van der Waals surface area contributed by atoms with Crippen molar-refractivity contribution in [2.75, 3.05) is 0 Å². The summed E-state index contributed by atoms with van der Waals surface area (Å²) in [5, 5.41) is 0. The molecule has 0 radical (unpaired) electrons. The van der Waals surface area contributed by atoms with E-state index in [4.69, 9.17) is 0 Å². The zero-order valence-electron chi connectivity index (χ0n) is 11.6. The van der Waals surface area contributed by atoms with Crippen molar-refractivity contribution >= 4 is 0 Å². The number of aromatic nitrogens is 2. The molecular formula is C16H20N2. The van der Waals surface area contributed by atoms with Crippen molar-refractivity contribution in [3.05, 3.63) is 47.5 Å². The zero-order chi connectivity index (χ0) is 13.1. The van der Waals surface area contributed by atoms with E-state index in [1.54, 1.807) is 0 Å². The van der Waals surface area contributed by atoms with Crippen LogP contribution in [0.5, 0.6) is 0 Å². The topological polar surface area (TPSA) is 25.8 Å². The minimum absolute atomic E-state index is 0.695. The Balaban J connectivity index is 2.28. The van der Waals surface area contributed by atoms with Gasteiger partial charge in [0.05, 0.1) is 0 Å². The maximum Gasteiger partial charge on any atom is 0.125 e. The van der Waals surface area contributed by atoms with Gasteiger partial charge in [-0.15, -0.1) is 0 Å². The summed E-state index contributed by atoms with van der Waals surface area (Å²) < 4.78 is 0. The summed E-state index contributed by atoms with van der Waals surface area (Å²) in [4.78, 5) is 8.69. The molecule has 0 saturated heterocycles. The van der Waals surface area contributed by atoms with Crippen molar-refractivity contribution in [1.82, 2.24) is 9.97 Å². The Morgan fingerprint density at radius 3 is 2.28 bits per heavy atom. The Labute approximate surface area is 109 Å². The van der Waals surface area contributed by atoms with E-state index < -0.39 is 0 Å². The van der Waals surface area contributed by atoms with Gasteiger partial charge in [-0.3, -0.25) is 0 Å².